The minimum atomic E-state index is -0.141. The van der Waals surface area contributed by atoms with Gasteiger partial charge in [-0.3, -0.25) is 9.78 Å². The summed E-state index contributed by atoms with van der Waals surface area (Å²) in [4.78, 5) is 16.5. The summed E-state index contributed by atoms with van der Waals surface area (Å²) in [6, 6.07) is 7.53. The van der Waals surface area contributed by atoms with Crippen molar-refractivity contribution in [1.29, 1.82) is 0 Å². The zero-order valence-electron chi connectivity index (χ0n) is 12.1. The lowest BCUT2D eigenvalue weighted by Crippen LogP contribution is -2.16. The standard InChI is InChI=1S/C16H18BrN3O/c1-3-7-19-15-10-18-8-6-13(15)16(21)20-14-9-12(17)5-4-11(14)2/h4-6,8-10,19H,3,7H2,1-2H3,(H,20,21). The maximum Gasteiger partial charge on any atom is 0.257 e. The van der Waals surface area contributed by atoms with Crippen LogP contribution < -0.4 is 10.6 Å². The number of amides is 1. The van der Waals surface area contributed by atoms with E-state index in [2.05, 4.69) is 38.5 Å². The number of aryl methyl sites for hydroxylation is 1. The average Bonchev–Trinajstić information content (AvgIpc) is 2.49. The van der Waals surface area contributed by atoms with Gasteiger partial charge < -0.3 is 10.6 Å². The number of carbonyl (C=O) groups excluding carboxylic acids is 1. The number of hydrogen-bond acceptors (Lipinski definition) is 3. The van der Waals surface area contributed by atoms with Gasteiger partial charge in [-0.25, -0.2) is 0 Å². The van der Waals surface area contributed by atoms with Crippen LogP contribution in [0.25, 0.3) is 0 Å². The number of aromatic nitrogens is 1. The molecule has 0 saturated heterocycles. The molecular formula is C16H18BrN3O. The van der Waals surface area contributed by atoms with Gasteiger partial charge in [0.05, 0.1) is 17.4 Å². The summed E-state index contributed by atoms with van der Waals surface area (Å²) in [6.07, 6.45) is 4.29. The fourth-order valence-corrected chi connectivity index (χ4v) is 2.27. The van der Waals surface area contributed by atoms with E-state index in [-0.39, 0.29) is 5.91 Å². The fourth-order valence-electron chi connectivity index (χ4n) is 1.91. The Hall–Kier alpha value is -1.88. The van der Waals surface area contributed by atoms with Crippen molar-refractivity contribution in [3.8, 4) is 0 Å². The number of benzene rings is 1. The summed E-state index contributed by atoms with van der Waals surface area (Å²) in [5, 5.41) is 6.17. The molecule has 0 aliphatic rings. The van der Waals surface area contributed by atoms with Crippen molar-refractivity contribution in [2.24, 2.45) is 0 Å². The molecule has 0 spiro atoms. The molecule has 0 atom stereocenters. The van der Waals surface area contributed by atoms with Crippen molar-refractivity contribution < 1.29 is 4.79 Å². The first-order valence-electron chi connectivity index (χ1n) is 6.87. The maximum absolute atomic E-state index is 12.5. The molecule has 0 aliphatic carbocycles. The maximum atomic E-state index is 12.5. The molecule has 4 nitrogen and oxygen atoms in total. The van der Waals surface area contributed by atoms with Crippen LogP contribution in [0.4, 0.5) is 11.4 Å². The van der Waals surface area contributed by atoms with Gasteiger partial charge in [-0.1, -0.05) is 28.9 Å². The normalized spacial score (nSPS) is 10.2. The van der Waals surface area contributed by atoms with E-state index in [0.717, 1.165) is 34.4 Å². The second-order valence-electron chi connectivity index (χ2n) is 4.76. The van der Waals surface area contributed by atoms with Crippen LogP contribution in [0.1, 0.15) is 29.3 Å². The molecule has 2 aromatic rings. The Kier molecular flexibility index (Phi) is 5.33. The SMILES string of the molecule is CCCNc1cnccc1C(=O)Nc1cc(Br)ccc1C. The van der Waals surface area contributed by atoms with Gasteiger partial charge in [-0.2, -0.15) is 0 Å². The highest BCUT2D eigenvalue weighted by molar-refractivity contribution is 9.10. The summed E-state index contributed by atoms with van der Waals surface area (Å²) in [5.41, 5.74) is 3.17. The summed E-state index contributed by atoms with van der Waals surface area (Å²) in [5.74, 6) is -0.141. The largest absolute Gasteiger partial charge is 0.383 e. The number of pyridine rings is 1. The van der Waals surface area contributed by atoms with Gasteiger partial charge in [0.2, 0.25) is 0 Å². The topological polar surface area (TPSA) is 54.0 Å². The minimum Gasteiger partial charge on any atom is -0.383 e. The van der Waals surface area contributed by atoms with Gasteiger partial charge in [-0.05, 0) is 37.1 Å². The Morgan fingerprint density at radius 3 is 2.86 bits per heavy atom. The third-order valence-electron chi connectivity index (χ3n) is 3.08. The summed E-state index contributed by atoms with van der Waals surface area (Å²) < 4.78 is 0.933. The first-order valence-corrected chi connectivity index (χ1v) is 7.66. The van der Waals surface area contributed by atoms with Crippen molar-refractivity contribution in [2.45, 2.75) is 20.3 Å². The molecule has 2 rings (SSSR count). The smallest absolute Gasteiger partial charge is 0.257 e. The van der Waals surface area contributed by atoms with Gasteiger partial charge in [-0.15, -0.1) is 0 Å². The van der Waals surface area contributed by atoms with Crippen LogP contribution in [0.2, 0.25) is 0 Å². The molecular weight excluding hydrogens is 330 g/mol. The van der Waals surface area contributed by atoms with Gasteiger partial charge in [0.1, 0.15) is 0 Å². The highest BCUT2D eigenvalue weighted by atomic mass is 79.9. The number of rotatable bonds is 5. The molecule has 0 saturated carbocycles. The lowest BCUT2D eigenvalue weighted by molar-refractivity contribution is 0.102. The monoisotopic (exact) mass is 347 g/mol. The Morgan fingerprint density at radius 2 is 2.10 bits per heavy atom. The molecule has 1 heterocycles. The second-order valence-corrected chi connectivity index (χ2v) is 5.68. The highest BCUT2D eigenvalue weighted by Crippen LogP contribution is 2.22. The number of hydrogen-bond donors (Lipinski definition) is 2. The van der Waals surface area contributed by atoms with E-state index in [1.54, 1.807) is 18.5 Å². The van der Waals surface area contributed by atoms with Crippen LogP contribution in [-0.2, 0) is 0 Å². The van der Waals surface area contributed by atoms with Crippen molar-refractivity contribution in [2.75, 3.05) is 17.2 Å². The van der Waals surface area contributed by atoms with E-state index in [9.17, 15) is 4.79 Å². The molecule has 5 heteroatoms. The van der Waals surface area contributed by atoms with Crippen molar-refractivity contribution >= 4 is 33.2 Å². The van der Waals surface area contributed by atoms with Gasteiger partial charge in [0.15, 0.2) is 0 Å². The number of carbonyl (C=O) groups is 1. The van der Waals surface area contributed by atoms with Crippen LogP contribution in [0.3, 0.4) is 0 Å². The summed E-state index contributed by atoms with van der Waals surface area (Å²) >= 11 is 3.42. The molecule has 0 bridgehead atoms. The number of halogens is 1. The predicted octanol–water partition coefficient (Wildman–Crippen LogP) is 4.23. The summed E-state index contributed by atoms with van der Waals surface area (Å²) in [6.45, 7) is 4.85. The van der Waals surface area contributed by atoms with Crippen LogP contribution in [0.5, 0.6) is 0 Å². The van der Waals surface area contributed by atoms with Crippen LogP contribution in [0.15, 0.2) is 41.1 Å². The van der Waals surface area contributed by atoms with Crippen LogP contribution in [-0.4, -0.2) is 17.4 Å². The van der Waals surface area contributed by atoms with E-state index >= 15 is 0 Å². The molecule has 1 aromatic heterocycles. The van der Waals surface area contributed by atoms with E-state index in [1.165, 1.54) is 0 Å². The number of anilines is 2. The Balaban J connectivity index is 2.22. The van der Waals surface area contributed by atoms with E-state index in [4.69, 9.17) is 0 Å². The Labute approximate surface area is 133 Å². The lowest BCUT2D eigenvalue weighted by Gasteiger charge is -2.12. The molecule has 1 aromatic carbocycles. The molecule has 0 unspecified atom stereocenters. The summed E-state index contributed by atoms with van der Waals surface area (Å²) in [7, 11) is 0. The minimum absolute atomic E-state index is 0.141. The zero-order chi connectivity index (χ0) is 15.2. The zero-order valence-corrected chi connectivity index (χ0v) is 13.7. The van der Waals surface area contributed by atoms with Crippen molar-refractivity contribution in [1.82, 2.24) is 4.98 Å². The van der Waals surface area contributed by atoms with Crippen molar-refractivity contribution in [3.63, 3.8) is 0 Å². The Bertz CT molecular complexity index is 643. The molecule has 21 heavy (non-hydrogen) atoms. The predicted molar refractivity (Wildman–Crippen MR) is 89.8 cm³/mol. The lowest BCUT2D eigenvalue weighted by atomic mass is 10.1. The third kappa shape index (κ3) is 4.04. The first-order chi connectivity index (χ1) is 10.1. The fraction of sp³-hybridized carbons (Fsp3) is 0.250. The molecule has 1 amide bonds. The number of nitrogens with one attached hydrogen (secondary N) is 2. The van der Waals surface area contributed by atoms with E-state index in [1.807, 2.05) is 25.1 Å². The van der Waals surface area contributed by atoms with Crippen molar-refractivity contribution in [3.05, 3.63) is 52.3 Å². The Morgan fingerprint density at radius 1 is 1.29 bits per heavy atom. The van der Waals surface area contributed by atoms with Gasteiger partial charge >= 0.3 is 0 Å². The van der Waals surface area contributed by atoms with E-state index in [0.29, 0.717) is 5.56 Å². The average molecular weight is 348 g/mol. The van der Waals surface area contributed by atoms with Gasteiger partial charge in [0, 0.05) is 22.9 Å². The highest BCUT2D eigenvalue weighted by Gasteiger charge is 2.12. The molecule has 0 aliphatic heterocycles. The van der Waals surface area contributed by atoms with Gasteiger partial charge in [0.25, 0.3) is 5.91 Å². The van der Waals surface area contributed by atoms with E-state index < -0.39 is 0 Å². The second kappa shape index (κ2) is 7.22. The molecule has 110 valence electrons. The molecule has 2 N–H and O–H groups in total. The molecule has 0 radical (unpaired) electrons. The van der Waals surface area contributed by atoms with Crippen LogP contribution >= 0.6 is 15.9 Å². The van der Waals surface area contributed by atoms with Crippen LogP contribution in [0, 0.1) is 6.92 Å². The quantitative estimate of drug-likeness (QED) is 0.850. The molecule has 0 fully saturated rings. The number of nitrogens with zero attached hydrogens (tertiary/aromatic N) is 1. The first kappa shape index (κ1) is 15.5. The third-order valence-corrected chi connectivity index (χ3v) is 3.57.